The van der Waals surface area contributed by atoms with Gasteiger partial charge in [0.05, 0.1) is 16.8 Å². The molecule has 1 fully saturated rings. The molecule has 0 bridgehead atoms. The number of benzene rings is 2. The molecule has 28 heavy (non-hydrogen) atoms. The third-order valence-electron chi connectivity index (χ3n) is 3.84. The Bertz CT molecular complexity index is 980. The Hall–Kier alpha value is -3.24. The number of hydrogen-bond acceptors (Lipinski definition) is 4. The number of carbonyl (C=O) groups is 2. The molecule has 0 aromatic heterocycles. The lowest BCUT2D eigenvalue weighted by Gasteiger charge is -2.13. The molecular weight excluding hydrogens is 424 g/mol. The van der Waals surface area contributed by atoms with Crippen molar-refractivity contribution in [2.75, 3.05) is 18.1 Å². The second kappa shape index (κ2) is 8.63. The summed E-state index contributed by atoms with van der Waals surface area (Å²) < 4.78 is 11.8. The Kier molecular flexibility index (Phi) is 6.02. The molecule has 0 atom stereocenters. The Morgan fingerprint density at radius 3 is 2.64 bits per heavy atom. The smallest absolute Gasteiger partial charge is 0.333 e. The quantitative estimate of drug-likeness (QED) is 0.419. The van der Waals surface area contributed by atoms with Gasteiger partial charge in [0, 0.05) is 0 Å². The first-order valence-electron chi connectivity index (χ1n) is 8.50. The number of ether oxygens (including phenoxy) is 2. The van der Waals surface area contributed by atoms with E-state index in [1.165, 1.54) is 0 Å². The number of amides is 3. The normalized spacial score (nSPS) is 14.8. The highest BCUT2D eigenvalue weighted by Gasteiger charge is 2.34. The van der Waals surface area contributed by atoms with Gasteiger partial charge < -0.3 is 14.8 Å². The fourth-order valence-electron chi connectivity index (χ4n) is 2.70. The van der Waals surface area contributed by atoms with Crippen LogP contribution in [0, 0.1) is 12.3 Å². The molecule has 0 aliphatic carbocycles. The first-order chi connectivity index (χ1) is 13.5. The van der Waals surface area contributed by atoms with E-state index in [1.54, 1.807) is 42.5 Å². The number of para-hydroxylation sites is 1. The molecule has 2 aromatic carbocycles. The van der Waals surface area contributed by atoms with Crippen LogP contribution in [-0.2, 0) is 4.79 Å². The molecule has 6 nitrogen and oxygen atoms in total. The molecule has 0 unspecified atom stereocenters. The summed E-state index contributed by atoms with van der Waals surface area (Å²) in [6.07, 6.45) is 6.84. The third-order valence-corrected chi connectivity index (χ3v) is 4.42. The predicted octanol–water partition coefficient (Wildman–Crippen LogP) is 3.96. The first kappa shape index (κ1) is 19.5. The number of urea groups is 1. The highest BCUT2D eigenvalue weighted by Crippen LogP contribution is 2.37. The van der Waals surface area contributed by atoms with Crippen LogP contribution in [0.5, 0.6) is 11.5 Å². The maximum Gasteiger partial charge on any atom is 0.333 e. The van der Waals surface area contributed by atoms with Crippen LogP contribution in [-0.4, -0.2) is 25.2 Å². The molecule has 1 saturated heterocycles. The van der Waals surface area contributed by atoms with Gasteiger partial charge in [0.25, 0.3) is 5.91 Å². The zero-order valence-corrected chi connectivity index (χ0v) is 16.7. The summed E-state index contributed by atoms with van der Waals surface area (Å²) >= 11 is 3.44. The zero-order chi connectivity index (χ0) is 20.1. The molecule has 0 saturated carbocycles. The fourth-order valence-corrected chi connectivity index (χ4v) is 3.28. The first-order valence-corrected chi connectivity index (χ1v) is 9.29. The molecule has 1 N–H and O–H groups in total. The minimum Gasteiger partial charge on any atom is -0.490 e. The SMILES string of the molecule is C#CCOc1c(Br)cc(/C=C2/NC(=O)N(c3ccccc3)C2=O)cc1OCC. The summed E-state index contributed by atoms with van der Waals surface area (Å²) in [4.78, 5) is 26.1. The zero-order valence-electron chi connectivity index (χ0n) is 15.1. The van der Waals surface area contributed by atoms with Gasteiger partial charge >= 0.3 is 6.03 Å². The Balaban J connectivity index is 1.94. The van der Waals surface area contributed by atoms with E-state index in [2.05, 4.69) is 27.2 Å². The molecular formula is C21H17BrN2O4. The average Bonchev–Trinajstić information content (AvgIpc) is 2.95. The van der Waals surface area contributed by atoms with Gasteiger partial charge in [0.1, 0.15) is 12.3 Å². The lowest BCUT2D eigenvalue weighted by Crippen LogP contribution is -2.30. The summed E-state index contributed by atoms with van der Waals surface area (Å²) in [5, 5.41) is 2.61. The monoisotopic (exact) mass is 440 g/mol. The summed E-state index contributed by atoms with van der Waals surface area (Å²) in [5.41, 5.74) is 1.32. The van der Waals surface area contributed by atoms with E-state index >= 15 is 0 Å². The Morgan fingerprint density at radius 2 is 1.96 bits per heavy atom. The van der Waals surface area contributed by atoms with Crippen LogP contribution in [0.15, 0.2) is 52.6 Å². The van der Waals surface area contributed by atoms with E-state index in [4.69, 9.17) is 15.9 Å². The third kappa shape index (κ3) is 4.02. The van der Waals surface area contributed by atoms with E-state index in [0.717, 1.165) is 4.90 Å². The van der Waals surface area contributed by atoms with Crippen LogP contribution in [0.25, 0.3) is 6.08 Å². The lowest BCUT2D eigenvalue weighted by atomic mass is 10.1. The second-order valence-corrected chi connectivity index (χ2v) is 6.57. The van der Waals surface area contributed by atoms with Crippen LogP contribution in [0.4, 0.5) is 10.5 Å². The standard InChI is InChI=1S/C21H17BrN2O4/c1-3-10-28-19-16(22)11-14(13-18(19)27-4-2)12-17-20(25)24(21(26)23-17)15-8-6-5-7-9-15/h1,5-9,11-13H,4,10H2,2H3,(H,23,26)/b17-12+. The number of halogens is 1. The topological polar surface area (TPSA) is 67.9 Å². The minimum atomic E-state index is -0.500. The Morgan fingerprint density at radius 1 is 1.21 bits per heavy atom. The molecule has 0 radical (unpaired) electrons. The highest BCUT2D eigenvalue weighted by atomic mass is 79.9. The van der Waals surface area contributed by atoms with E-state index < -0.39 is 11.9 Å². The van der Waals surface area contributed by atoms with Crippen molar-refractivity contribution in [3.8, 4) is 23.8 Å². The molecule has 3 rings (SSSR count). The molecule has 0 spiro atoms. The second-order valence-electron chi connectivity index (χ2n) is 5.72. The van der Waals surface area contributed by atoms with E-state index in [-0.39, 0.29) is 12.3 Å². The van der Waals surface area contributed by atoms with Crippen molar-refractivity contribution in [2.45, 2.75) is 6.92 Å². The minimum absolute atomic E-state index is 0.0969. The van der Waals surface area contributed by atoms with Crippen molar-refractivity contribution >= 4 is 39.6 Å². The van der Waals surface area contributed by atoms with Gasteiger partial charge in [-0.25, -0.2) is 9.69 Å². The van der Waals surface area contributed by atoms with Crippen LogP contribution in [0.1, 0.15) is 12.5 Å². The summed E-state index contributed by atoms with van der Waals surface area (Å²) in [6.45, 7) is 2.37. The van der Waals surface area contributed by atoms with Gasteiger partial charge in [-0.2, -0.15) is 0 Å². The van der Waals surface area contributed by atoms with Crippen molar-refractivity contribution in [3.05, 3.63) is 58.2 Å². The summed E-state index contributed by atoms with van der Waals surface area (Å²) in [5.74, 6) is 2.94. The number of rotatable bonds is 6. The van der Waals surface area contributed by atoms with Crippen molar-refractivity contribution in [1.82, 2.24) is 5.32 Å². The number of carbonyl (C=O) groups excluding carboxylic acids is 2. The van der Waals surface area contributed by atoms with Gasteiger partial charge in [-0.15, -0.1) is 6.42 Å². The van der Waals surface area contributed by atoms with Crippen molar-refractivity contribution < 1.29 is 19.1 Å². The maximum absolute atomic E-state index is 12.7. The van der Waals surface area contributed by atoms with E-state index in [9.17, 15) is 9.59 Å². The molecule has 142 valence electrons. The number of nitrogens with one attached hydrogen (secondary N) is 1. The Labute approximate surface area is 171 Å². The van der Waals surface area contributed by atoms with Gasteiger partial charge in [0.2, 0.25) is 0 Å². The lowest BCUT2D eigenvalue weighted by molar-refractivity contribution is -0.113. The highest BCUT2D eigenvalue weighted by molar-refractivity contribution is 9.10. The molecule has 1 heterocycles. The van der Waals surface area contributed by atoms with Crippen LogP contribution in [0.3, 0.4) is 0 Å². The number of nitrogens with zero attached hydrogens (tertiary/aromatic N) is 1. The summed E-state index contributed by atoms with van der Waals surface area (Å²) in [7, 11) is 0. The fraction of sp³-hybridized carbons (Fsp3) is 0.143. The molecule has 3 amide bonds. The van der Waals surface area contributed by atoms with Crippen molar-refractivity contribution in [2.24, 2.45) is 0 Å². The van der Waals surface area contributed by atoms with E-state index in [0.29, 0.717) is 33.8 Å². The van der Waals surface area contributed by atoms with Crippen molar-refractivity contribution in [1.29, 1.82) is 0 Å². The van der Waals surface area contributed by atoms with Gasteiger partial charge in [-0.05, 0) is 58.8 Å². The largest absolute Gasteiger partial charge is 0.490 e. The van der Waals surface area contributed by atoms with Gasteiger partial charge in [0.15, 0.2) is 11.5 Å². The van der Waals surface area contributed by atoms with Crippen molar-refractivity contribution in [3.63, 3.8) is 0 Å². The van der Waals surface area contributed by atoms with E-state index in [1.807, 2.05) is 13.0 Å². The number of anilines is 1. The molecule has 2 aromatic rings. The molecule has 1 aliphatic rings. The predicted molar refractivity (Wildman–Crippen MR) is 110 cm³/mol. The molecule has 1 aliphatic heterocycles. The van der Waals surface area contributed by atoms with Crippen LogP contribution >= 0.6 is 15.9 Å². The van der Waals surface area contributed by atoms with Crippen LogP contribution < -0.4 is 19.7 Å². The molecule has 7 heteroatoms. The number of terminal acetylenes is 1. The van der Waals surface area contributed by atoms with Crippen LogP contribution in [0.2, 0.25) is 0 Å². The van der Waals surface area contributed by atoms with Gasteiger partial charge in [-0.3, -0.25) is 4.79 Å². The number of hydrogen-bond donors (Lipinski definition) is 1. The number of imide groups is 1. The summed E-state index contributed by atoms with van der Waals surface area (Å²) in [6, 6.07) is 11.7. The van der Waals surface area contributed by atoms with Gasteiger partial charge in [-0.1, -0.05) is 24.1 Å². The average molecular weight is 441 g/mol. The maximum atomic E-state index is 12.7.